The molecule has 1 atom stereocenters. The van der Waals surface area contributed by atoms with Gasteiger partial charge in [0, 0.05) is 12.6 Å². The van der Waals surface area contributed by atoms with E-state index in [0.29, 0.717) is 18.1 Å². The van der Waals surface area contributed by atoms with Crippen molar-refractivity contribution < 1.29 is 8.42 Å². The number of sulfone groups is 1. The molecule has 0 bridgehead atoms. The molecule has 2 saturated heterocycles. The number of terminal acetylenes is 1. The molecule has 0 aromatic heterocycles. The molecule has 0 aliphatic carbocycles. The molecule has 0 spiro atoms. The Bertz CT molecular complexity index is 435. The Labute approximate surface area is 123 Å². The van der Waals surface area contributed by atoms with Crippen LogP contribution in [0.25, 0.3) is 0 Å². The zero-order chi connectivity index (χ0) is 14.4. The molecule has 0 N–H and O–H groups in total. The lowest BCUT2D eigenvalue weighted by Gasteiger charge is -2.29. The molecule has 0 unspecified atom stereocenters. The Hall–Kier alpha value is -0.570. The standard InChI is InChI=1S/C15H26N2O2S/c1-2-8-17(15-7-13-20(18,19)14-15)12-6-11-16-9-4-3-5-10-16/h1,15H,3-14H2/t15-/m1/s1. The van der Waals surface area contributed by atoms with E-state index in [1.807, 2.05) is 0 Å². The van der Waals surface area contributed by atoms with Crippen LogP contribution in [0, 0.1) is 12.3 Å². The average molecular weight is 298 g/mol. The van der Waals surface area contributed by atoms with Gasteiger partial charge in [-0.25, -0.2) is 8.42 Å². The van der Waals surface area contributed by atoms with Gasteiger partial charge in [0.25, 0.3) is 0 Å². The fraction of sp³-hybridized carbons (Fsp3) is 0.867. The second-order valence-electron chi connectivity index (χ2n) is 5.99. The van der Waals surface area contributed by atoms with Crippen molar-refractivity contribution in [3.63, 3.8) is 0 Å². The highest BCUT2D eigenvalue weighted by atomic mass is 32.2. The SMILES string of the molecule is C#CCN(CCCN1CCCCC1)[C@@H]1CCS(=O)(=O)C1. The van der Waals surface area contributed by atoms with Crippen LogP contribution in [0.3, 0.4) is 0 Å². The molecule has 5 heteroatoms. The van der Waals surface area contributed by atoms with Crippen molar-refractivity contribution in [1.82, 2.24) is 9.80 Å². The predicted molar refractivity (Wildman–Crippen MR) is 82.4 cm³/mol. The first kappa shape index (κ1) is 15.8. The van der Waals surface area contributed by atoms with Crippen LogP contribution in [-0.2, 0) is 9.84 Å². The molecule has 0 radical (unpaired) electrons. The lowest BCUT2D eigenvalue weighted by atomic mass is 10.1. The van der Waals surface area contributed by atoms with E-state index in [-0.39, 0.29) is 6.04 Å². The monoisotopic (exact) mass is 298 g/mol. The van der Waals surface area contributed by atoms with Gasteiger partial charge in [-0.2, -0.15) is 0 Å². The largest absolute Gasteiger partial charge is 0.303 e. The van der Waals surface area contributed by atoms with Gasteiger partial charge in [0.1, 0.15) is 0 Å². The zero-order valence-corrected chi connectivity index (χ0v) is 13.1. The Balaban J connectivity index is 1.76. The van der Waals surface area contributed by atoms with Gasteiger partial charge in [-0.1, -0.05) is 12.3 Å². The van der Waals surface area contributed by atoms with E-state index < -0.39 is 9.84 Å². The summed E-state index contributed by atoms with van der Waals surface area (Å²) in [7, 11) is -2.82. The van der Waals surface area contributed by atoms with Crippen LogP contribution in [-0.4, -0.2) is 68.5 Å². The maximum atomic E-state index is 11.6. The molecule has 2 aliphatic heterocycles. The van der Waals surface area contributed by atoms with Crippen molar-refractivity contribution in [3.05, 3.63) is 0 Å². The molecule has 2 fully saturated rings. The molecule has 114 valence electrons. The van der Waals surface area contributed by atoms with Crippen molar-refractivity contribution >= 4 is 9.84 Å². The Morgan fingerprint density at radius 3 is 2.60 bits per heavy atom. The van der Waals surface area contributed by atoms with Crippen LogP contribution >= 0.6 is 0 Å². The zero-order valence-electron chi connectivity index (χ0n) is 12.3. The Morgan fingerprint density at radius 1 is 1.25 bits per heavy atom. The van der Waals surface area contributed by atoms with Gasteiger partial charge in [-0.15, -0.1) is 6.42 Å². The molecule has 20 heavy (non-hydrogen) atoms. The number of rotatable bonds is 6. The molecule has 0 saturated carbocycles. The van der Waals surface area contributed by atoms with Crippen LogP contribution in [0.1, 0.15) is 32.1 Å². The fourth-order valence-electron chi connectivity index (χ4n) is 3.25. The number of nitrogens with zero attached hydrogens (tertiary/aromatic N) is 2. The summed E-state index contributed by atoms with van der Waals surface area (Å²) in [6.45, 7) is 5.03. The van der Waals surface area contributed by atoms with Crippen molar-refractivity contribution in [1.29, 1.82) is 0 Å². The second kappa shape index (κ2) is 7.44. The first-order chi connectivity index (χ1) is 9.61. The average Bonchev–Trinajstić information content (AvgIpc) is 2.79. The number of likely N-dealkylation sites (tertiary alicyclic amines) is 1. The maximum Gasteiger partial charge on any atom is 0.151 e. The Kier molecular flexibility index (Phi) is 5.88. The summed E-state index contributed by atoms with van der Waals surface area (Å²) in [6.07, 6.45) is 11.2. The van der Waals surface area contributed by atoms with Crippen LogP contribution in [0.5, 0.6) is 0 Å². The number of hydrogen-bond donors (Lipinski definition) is 0. The first-order valence-electron chi connectivity index (χ1n) is 7.71. The minimum atomic E-state index is -2.82. The third kappa shape index (κ3) is 4.76. The van der Waals surface area contributed by atoms with Gasteiger partial charge in [-0.3, -0.25) is 4.90 Å². The van der Waals surface area contributed by atoms with E-state index in [4.69, 9.17) is 6.42 Å². The molecule has 2 aliphatic rings. The molecule has 0 amide bonds. The summed E-state index contributed by atoms with van der Waals surface area (Å²) >= 11 is 0. The smallest absolute Gasteiger partial charge is 0.151 e. The molecule has 2 rings (SSSR count). The Morgan fingerprint density at radius 2 is 2.00 bits per heavy atom. The van der Waals surface area contributed by atoms with Gasteiger partial charge in [0.2, 0.25) is 0 Å². The quantitative estimate of drug-likeness (QED) is 0.686. The number of piperidine rings is 1. The fourth-order valence-corrected chi connectivity index (χ4v) is 5.01. The van der Waals surface area contributed by atoms with E-state index in [2.05, 4.69) is 15.7 Å². The molecule has 0 aromatic carbocycles. The molecular weight excluding hydrogens is 272 g/mol. The summed E-state index contributed by atoms with van der Waals surface area (Å²) < 4.78 is 23.2. The van der Waals surface area contributed by atoms with Gasteiger partial charge in [0.05, 0.1) is 18.1 Å². The van der Waals surface area contributed by atoms with Crippen molar-refractivity contribution in [2.24, 2.45) is 0 Å². The molecule has 2 heterocycles. The number of hydrogen-bond acceptors (Lipinski definition) is 4. The van der Waals surface area contributed by atoms with E-state index in [0.717, 1.165) is 25.9 Å². The summed E-state index contributed by atoms with van der Waals surface area (Å²) in [5.74, 6) is 3.29. The van der Waals surface area contributed by atoms with E-state index in [1.54, 1.807) is 0 Å². The van der Waals surface area contributed by atoms with E-state index in [9.17, 15) is 8.42 Å². The van der Waals surface area contributed by atoms with Gasteiger partial charge >= 0.3 is 0 Å². The highest BCUT2D eigenvalue weighted by Crippen LogP contribution is 2.18. The van der Waals surface area contributed by atoms with Crippen molar-refractivity contribution in [2.45, 2.75) is 38.1 Å². The topological polar surface area (TPSA) is 40.6 Å². The summed E-state index contributed by atoms with van der Waals surface area (Å²) in [6, 6.07) is 0.136. The van der Waals surface area contributed by atoms with Crippen LogP contribution in [0.15, 0.2) is 0 Å². The second-order valence-corrected chi connectivity index (χ2v) is 8.22. The highest BCUT2D eigenvalue weighted by molar-refractivity contribution is 7.91. The van der Waals surface area contributed by atoms with Crippen LogP contribution < -0.4 is 0 Å². The van der Waals surface area contributed by atoms with Crippen molar-refractivity contribution in [2.75, 3.05) is 44.2 Å². The summed E-state index contributed by atoms with van der Waals surface area (Å²) in [5, 5.41) is 0. The minimum Gasteiger partial charge on any atom is -0.303 e. The first-order valence-corrected chi connectivity index (χ1v) is 9.53. The third-order valence-electron chi connectivity index (χ3n) is 4.39. The van der Waals surface area contributed by atoms with Crippen LogP contribution in [0.4, 0.5) is 0 Å². The van der Waals surface area contributed by atoms with Crippen molar-refractivity contribution in [3.8, 4) is 12.3 Å². The lowest BCUT2D eigenvalue weighted by Crippen LogP contribution is -2.39. The molecule has 4 nitrogen and oxygen atoms in total. The molecular formula is C15H26N2O2S. The lowest BCUT2D eigenvalue weighted by molar-refractivity contribution is 0.191. The van der Waals surface area contributed by atoms with E-state index >= 15 is 0 Å². The normalized spacial score (nSPS) is 26.7. The summed E-state index contributed by atoms with van der Waals surface area (Å²) in [4.78, 5) is 4.71. The minimum absolute atomic E-state index is 0.136. The molecule has 0 aromatic rings. The highest BCUT2D eigenvalue weighted by Gasteiger charge is 2.31. The maximum absolute atomic E-state index is 11.6. The summed E-state index contributed by atoms with van der Waals surface area (Å²) in [5.41, 5.74) is 0. The van der Waals surface area contributed by atoms with E-state index in [1.165, 1.54) is 32.4 Å². The predicted octanol–water partition coefficient (Wildman–Crippen LogP) is 0.985. The third-order valence-corrected chi connectivity index (χ3v) is 6.14. The van der Waals surface area contributed by atoms with Gasteiger partial charge < -0.3 is 4.90 Å². The van der Waals surface area contributed by atoms with Crippen LogP contribution in [0.2, 0.25) is 0 Å². The van der Waals surface area contributed by atoms with Gasteiger partial charge in [-0.05, 0) is 45.3 Å². The van der Waals surface area contributed by atoms with Gasteiger partial charge in [0.15, 0.2) is 9.84 Å².